The molecule has 2 amide bonds. The number of amides is 2. The number of hydrogen-bond acceptors (Lipinski definition) is 2. The second-order valence-corrected chi connectivity index (χ2v) is 9.86. The minimum Gasteiger partial charge on any atom is -0.352 e. The summed E-state index contributed by atoms with van der Waals surface area (Å²) in [5, 5.41) is 3.25. The van der Waals surface area contributed by atoms with E-state index in [2.05, 4.69) is 5.32 Å². The van der Waals surface area contributed by atoms with Crippen molar-refractivity contribution in [3.63, 3.8) is 0 Å². The third kappa shape index (κ3) is 7.27. The van der Waals surface area contributed by atoms with Gasteiger partial charge in [-0.25, -0.2) is 4.39 Å². The van der Waals surface area contributed by atoms with Crippen molar-refractivity contribution in [2.24, 2.45) is 0 Å². The van der Waals surface area contributed by atoms with Crippen LogP contribution in [0.25, 0.3) is 0 Å². The molecule has 36 heavy (non-hydrogen) atoms. The molecule has 1 aliphatic carbocycles. The van der Waals surface area contributed by atoms with Crippen LogP contribution >= 0.6 is 0 Å². The number of halogens is 1. The van der Waals surface area contributed by atoms with Gasteiger partial charge in [0.25, 0.3) is 0 Å². The lowest BCUT2D eigenvalue weighted by atomic mass is 9.94. The summed E-state index contributed by atoms with van der Waals surface area (Å²) in [6.45, 7) is 2.24. The number of nitrogens with zero attached hydrogens (tertiary/aromatic N) is 1. The Hall–Kier alpha value is -3.47. The summed E-state index contributed by atoms with van der Waals surface area (Å²) in [4.78, 5) is 29.2. The van der Waals surface area contributed by atoms with Crippen molar-refractivity contribution in [1.29, 1.82) is 0 Å². The first kappa shape index (κ1) is 25.6. The summed E-state index contributed by atoms with van der Waals surface area (Å²) >= 11 is 0. The molecule has 0 unspecified atom stereocenters. The van der Waals surface area contributed by atoms with Crippen LogP contribution < -0.4 is 5.32 Å². The van der Waals surface area contributed by atoms with Crippen LogP contribution in [0.3, 0.4) is 0 Å². The fourth-order valence-electron chi connectivity index (χ4n) is 4.98. The zero-order valence-corrected chi connectivity index (χ0v) is 21.0. The normalized spacial score (nSPS) is 14.7. The maximum absolute atomic E-state index is 13.8. The molecule has 1 N–H and O–H groups in total. The van der Waals surface area contributed by atoms with Crippen molar-refractivity contribution in [2.75, 3.05) is 0 Å². The molecule has 4 rings (SSSR count). The van der Waals surface area contributed by atoms with Crippen LogP contribution in [-0.4, -0.2) is 28.8 Å². The van der Waals surface area contributed by atoms with E-state index in [0.29, 0.717) is 6.42 Å². The number of aryl methyl sites for hydroxylation is 1. The lowest BCUT2D eigenvalue weighted by molar-refractivity contribution is -0.141. The topological polar surface area (TPSA) is 49.4 Å². The van der Waals surface area contributed by atoms with Crippen molar-refractivity contribution >= 4 is 11.8 Å². The molecule has 0 heterocycles. The molecule has 3 aromatic rings. The summed E-state index contributed by atoms with van der Waals surface area (Å²) in [7, 11) is 0. The fourth-order valence-corrected chi connectivity index (χ4v) is 4.98. The van der Waals surface area contributed by atoms with Gasteiger partial charge in [-0.1, -0.05) is 91.6 Å². The minimum atomic E-state index is -0.670. The zero-order valence-electron chi connectivity index (χ0n) is 21.0. The minimum absolute atomic E-state index is 0.120. The average molecular weight is 487 g/mol. The van der Waals surface area contributed by atoms with Gasteiger partial charge in [0.15, 0.2) is 0 Å². The molecule has 0 aliphatic heterocycles. The predicted octanol–water partition coefficient (Wildman–Crippen LogP) is 5.77. The first-order valence-electron chi connectivity index (χ1n) is 12.9. The second-order valence-electron chi connectivity index (χ2n) is 9.86. The molecule has 1 saturated carbocycles. The van der Waals surface area contributed by atoms with Crippen molar-refractivity contribution in [1.82, 2.24) is 10.2 Å². The van der Waals surface area contributed by atoms with Crippen molar-refractivity contribution in [2.45, 2.75) is 70.5 Å². The highest BCUT2D eigenvalue weighted by atomic mass is 19.1. The lowest BCUT2D eigenvalue weighted by Gasteiger charge is -2.33. The Bertz CT molecular complexity index is 1140. The monoisotopic (exact) mass is 486 g/mol. The third-order valence-electron chi connectivity index (χ3n) is 6.93. The summed E-state index contributed by atoms with van der Waals surface area (Å²) in [6.07, 6.45) is 5.98. The SMILES string of the molecule is Cc1cccc(CC(=O)N(Cc2ccc(F)cc2)[C@H](Cc2ccccc2)C(=O)NC2CCCCC2)c1. The molecule has 5 heteroatoms. The number of hydrogen-bond donors (Lipinski definition) is 1. The molecule has 0 saturated heterocycles. The second kappa shape index (κ2) is 12.5. The number of nitrogens with one attached hydrogen (secondary N) is 1. The van der Waals surface area contributed by atoms with E-state index < -0.39 is 6.04 Å². The van der Waals surface area contributed by atoms with Gasteiger partial charge in [0.1, 0.15) is 11.9 Å². The van der Waals surface area contributed by atoms with Gasteiger partial charge in [-0.15, -0.1) is 0 Å². The Kier molecular flexibility index (Phi) is 8.88. The van der Waals surface area contributed by atoms with E-state index in [9.17, 15) is 14.0 Å². The highest BCUT2D eigenvalue weighted by Gasteiger charge is 2.32. The van der Waals surface area contributed by atoms with Gasteiger partial charge in [0.2, 0.25) is 11.8 Å². The number of rotatable bonds is 9. The summed E-state index contributed by atoms with van der Waals surface area (Å²) < 4.78 is 13.6. The van der Waals surface area contributed by atoms with E-state index in [-0.39, 0.29) is 36.6 Å². The average Bonchev–Trinajstić information content (AvgIpc) is 2.88. The van der Waals surface area contributed by atoms with Crippen molar-refractivity contribution in [3.05, 3.63) is 107 Å². The molecule has 0 radical (unpaired) electrons. The summed E-state index contributed by atoms with van der Waals surface area (Å²) in [5.74, 6) is -0.567. The fraction of sp³-hybridized carbons (Fsp3) is 0.355. The smallest absolute Gasteiger partial charge is 0.243 e. The van der Waals surface area contributed by atoms with Gasteiger partial charge in [0, 0.05) is 19.0 Å². The van der Waals surface area contributed by atoms with Gasteiger partial charge < -0.3 is 10.2 Å². The van der Waals surface area contributed by atoms with Crippen LogP contribution in [0.15, 0.2) is 78.9 Å². The van der Waals surface area contributed by atoms with Crippen LogP contribution in [0.1, 0.15) is 54.4 Å². The highest BCUT2D eigenvalue weighted by molar-refractivity contribution is 5.89. The molecule has 0 bridgehead atoms. The number of carbonyl (C=O) groups is 2. The van der Waals surface area contributed by atoms with Gasteiger partial charge in [-0.3, -0.25) is 9.59 Å². The molecule has 1 atom stereocenters. The molecule has 0 spiro atoms. The maximum atomic E-state index is 13.8. The molecular weight excluding hydrogens is 451 g/mol. The van der Waals surface area contributed by atoms with Gasteiger partial charge in [-0.2, -0.15) is 0 Å². The Morgan fingerprint density at radius 1 is 0.889 bits per heavy atom. The van der Waals surface area contributed by atoms with Gasteiger partial charge >= 0.3 is 0 Å². The predicted molar refractivity (Wildman–Crippen MR) is 141 cm³/mol. The van der Waals surface area contributed by atoms with Gasteiger partial charge in [0.05, 0.1) is 6.42 Å². The first-order valence-corrected chi connectivity index (χ1v) is 12.9. The molecule has 3 aromatic carbocycles. The third-order valence-corrected chi connectivity index (χ3v) is 6.93. The van der Waals surface area contributed by atoms with Crippen LogP contribution in [0.2, 0.25) is 0 Å². The largest absolute Gasteiger partial charge is 0.352 e. The molecule has 1 aliphatic rings. The zero-order chi connectivity index (χ0) is 25.3. The van der Waals surface area contributed by atoms with E-state index >= 15 is 0 Å². The Balaban J connectivity index is 1.65. The number of benzene rings is 3. The van der Waals surface area contributed by atoms with E-state index in [0.717, 1.165) is 47.9 Å². The summed E-state index contributed by atoms with van der Waals surface area (Å²) in [5.41, 5.74) is 3.78. The lowest BCUT2D eigenvalue weighted by Crippen LogP contribution is -2.53. The van der Waals surface area contributed by atoms with Gasteiger partial charge in [-0.05, 0) is 48.6 Å². The van der Waals surface area contributed by atoms with Crippen LogP contribution in [0.5, 0.6) is 0 Å². The van der Waals surface area contributed by atoms with E-state index in [1.807, 2.05) is 61.5 Å². The Morgan fingerprint density at radius 2 is 1.58 bits per heavy atom. The van der Waals surface area contributed by atoms with E-state index in [1.165, 1.54) is 18.6 Å². The van der Waals surface area contributed by atoms with E-state index in [4.69, 9.17) is 0 Å². The quantitative estimate of drug-likeness (QED) is 0.418. The van der Waals surface area contributed by atoms with Crippen molar-refractivity contribution < 1.29 is 14.0 Å². The highest BCUT2D eigenvalue weighted by Crippen LogP contribution is 2.20. The van der Waals surface area contributed by atoms with Crippen LogP contribution in [0.4, 0.5) is 4.39 Å². The Labute approximate surface area is 213 Å². The maximum Gasteiger partial charge on any atom is 0.243 e. The van der Waals surface area contributed by atoms with E-state index in [1.54, 1.807) is 17.0 Å². The van der Waals surface area contributed by atoms with Crippen LogP contribution in [0, 0.1) is 12.7 Å². The standard InChI is InChI=1S/C31H35FN2O2/c1-23-9-8-12-26(19-23)21-30(35)34(22-25-15-17-27(32)18-16-25)29(20-24-10-4-2-5-11-24)31(36)33-28-13-6-3-7-14-28/h2,4-5,8-12,15-19,28-29H,3,6-7,13-14,20-22H2,1H3,(H,33,36)/t29-/m1/s1. The van der Waals surface area contributed by atoms with Crippen molar-refractivity contribution in [3.8, 4) is 0 Å². The van der Waals surface area contributed by atoms with Crippen LogP contribution in [-0.2, 0) is 29.0 Å². The summed E-state index contributed by atoms with van der Waals surface area (Å²) in [6, 6.07) is 23.3. The molecule has 4 nitrogen and oxygen atoms in total. The Morgan fingerprint density at radius 3 is 2.28 bits per heavy atom. The molecule has 1 fully saturated rings. The molecule has 0 aromatic heterocycles. The first-order chi connectivity index (χ1) is 17.5. The molecule has 188 valence electrons. The number of carbonyl (C=O) groups excluding carboxylic acids is 2. The molecular formula is C31H35FN2O2.